The Morgan fingerprint density at radius 2 is 2.00 bits per heavy atom. The summed E-state index contributed by atoms with van der Waals surface area (Å²) in [6.45, 7) is 2.20. The number of halogens is 2. The minimum absolute atomic E-state index is 0.0358. The second-order valence-electron chi connectivity index (χ2n) is 12.0. The minimum atomic E-state index is -1.06. The highest BCUT2D eigenvalue weighted by atomic mass is 35.5. The van der Waals surface area contributed by atoms with Crippen LogP contribution in [0.25, 0.3) is 16.8 Å². The van der Waals surface area contributed by atoms with E-state index >= 15 is 0 Å². The summed E-state index contributed by atoms with van der Waals surface area (Å²) in [5, 5.41) is 7.73. The van der Waals surface area contributed by atoms with E-state index in [4.69, 9.17) is 27.1 Å². The molecule has 2 saturated carbocycles. The Kier molecular flexibility index (Phi) is 6.46. The number of nitrogens with two attached hydrogens (primary N) is 1. The average Bonchev–Trinajstić information content (AvgIpc) is 3.62. The third-order valence-corrected chi connectivity index (χ3v) is 9.44. The van der Waals surface area contributed by atoms with Gasteiger partial charge in [-0.2, -0.15) is 5.10 Å². The van der Waals surface area contributed by atoms with Crippen LogP contribution >= 0.6 is 11.6 Å². The van der Waals surface area contributed by atoms with Crippen LogP contribution in [0.2, 0.25) is 5.02 Å². The SMILES string of the molecule is C[C@]1(C(N)=O)COc2c1cc([C@@H](CNC(=O)c1ccn3nc(C4CC4)cc3c1)C1CCC1)nc2-c1ccc(F)c(Cl)c1. The molecular weight excluding hydrogens is 557 g/mol. The van der Waals surface area contributed by atoms with E-state index < -0.39 is 17.1 Å². The van der Waals surface area contributed by atoms with Gasteiger partial charge in [-0.25, -0.2) is 13.9 Å². The number of carbonyl (C=O) groups is 2. The Morgan fingerprint density at radius 1 is 1.19 bits per heavy atom. The summed E-state index contributed by atoms with van der Waals surface area (Å²) < 4.78 is 21.9. The molecule has 2 fully saturated rings. The maximum Gasteiger partial charge on any atom is 0.251 e. The number of nitrogens with one attached hydrogen (secondary N) is 1. The molecule has 10 heteroatoms. The summed E-state index contributed by atoms with van der Waals surface area (Å²) in [4.78, 5) is 31.0. The van der Waals surface area contributed by atoms with E-state index in [0.717, 1.165) is 49.0 Å². The van der Waals surface area contributed by atoms with Crippen molar-refractivity contribution < 1.29 is 18.7 Å². The molecule has 1 aromatic carbocycles. The molecule has 216 valence electrons. The van der Waals surface area contributed by atoms with Crippen molar-refractivity contribution in [2.75, 3.05) is 13.2 Å². The molecule has 2 aliphatic carbocycles. The predicted molar refractivity (Wildman–Crippen MR) is 156 cm³/mol. The molecule has 0 bridgehead atoms. The van der Waals surface area contributed by atoms with Crippen molar-refractivity contribution in [1.29, 1.82) is 0 Å². The first-order valence-corrected chi connectivity index (χ1v) is 14.8. The number of rotatable bonds is 8. The summed E-state index contributed by atoms with van der Waals surface area (Å²) in [5.74, 6) is -0.0459. The molecule has 3 N–H and O–H groups in total. The molecule has 2 amide bonds. The molecule has 3 aliphatic rings. The number of primary amides is 1. The van der Waals surface area contributed by atoms with Gasteiger partial charge < -0.3 is 15.8 Å². The van der Waals surface area contributed by atoms with Crippen molar-refractivity contribution >= 4 is 28.9 Å². The van der Waals surface area contributed by atoms with Crippen LogP contribution in [-0.2, 0) is 10.2 Å². The third-order valence-electron chi connectivity index (χ3n) is 9.15. The summed E-state index contributed by atoms with van der Waals surface area (Å²) in [6, 6.07) is 12.0. The fourth-order valence-corrected chi connectivity index (χ4v) is 6.21. The van der Waals surface area contributed by atoms with Crippen molar-refractivity contribution in [2.24, 2.45) is 11.7 Å². The van der Waals surface area contributed by atoms with Crippen LogP contribution in [0.3, 0.4) is 0 Å². The number of amides is 2. The Bertz CT molecular complexity index is 1750. The van der Waals surface area contributed by atoms with Gasteiger partial charge in [-0.05, 0) is 81.0 Å². The van der Waals surface area contributed by atoms with Crippen LogP contribution in [0.1, 0.15) is 78.2 Å². The zero-order valence-electron chi connectivity index (χ0n) is 23.2. The molecule has 0 spiro atoms. The lowest BCUT2D eigenvalue weighted by Crippen LogP contribution is -2.40. The summed E-state index contributed by atoms with van der Waals surface area (Å²) in [6.07, 6.45) is 7.27. The molecule has 4 aromatic rings. The van der Waals surface area contributed by atoms with Crippen molar-refractivity contribution in [3.63, 3.8) is 0 Å². The van der Waals surface area contributed by atoms with Gasteiger partial charge in [0.2, 0.25) is 5.91 Å². The highest BCUT2D eigenvalue weighted by Crippen LogP contribution is 2.47. The predicted octanol–water partition coefficient (Wildman–Crippen LogP) is 5.52. The molecule has 8 nitrogen and oxygen atoms in total. The average molecular weight is 588 g/mol. The highest BCUT2D eigenvalue weighted by Gasteiger charge is 2.45. The summed E-state index contributed by atoms with van der Waals surface area (Å²) in [7, 11) is 0. The van der Waals surface area contributed by atoms with E-state index in [2.05, 4.69) is 16.5 Å². The number of nitrogens with zero attached hydrogens (tertiary/aromatic N) is 3. The number of aromatic nitrogens is 3. The van der Waals surface area contributed by atoms with Crippen LogP contribution in [0.4, 0.5) is 4.39 Å². The second kappa shape index (κ2) is 10.1. The van der Waals surface area contributed by atoms with E-state index in [-0.39, 0.29) is 23.5 Å². The summed E-state index contributed by atoms with van der Waals surface area (Å²) >= 11 is 6.13. The smallest absolute Gasteiger partial charge is 0.251 e. The van der Waals surface area contributed by atoms with Gasteiger partial charge in [0, 0.05) is 47.0 Å². The van der Waals surface area contributed by atoms with E-state index in [1.807, 2.05) is 22.8 Å². The van der Waals surface area contributed by atoms with Gasteiger partial charge in [0.05, 0.1) is 16.2 Å². The Labute approximate surface area is 247 Å². The Morgan fingerprint density at radius 3 is 2.69 bits per heavy atom. The normalized spacial score (nSPS) is 20.5. The van der Waals surface area contributed by atoms with Crippen LogP contribution in [-0.4, -0.2) is 39.6 Å². The number of fused-ring (bicyclic) bond motifs is 2. The maximum atomic E-state index is 14.0. The first kappa shape index (κ1) is 26.9. The van der Waals surface area contributed by atoms with Gasteiger partial charge in [-0.15, -0.1) is 0 Å². The minimum Gasteiger partial charge on any atom is -0.489 e. The number of ether oxygens (including phenoxy) is 1. The van der Waals surface area contributed by atoms with Gasteiger partial charge in [0.15, 0.2) is 0 Å². The molecule has 3 aromatic heterocycles. The standard InChI is InChI=1S/C32H31ClFN5O3/c1-32(31(35)41)16-42-29-23(32)14-27(37-28(29)19-7-8-25(34)24(33)12-19)22(17-3-2-4-17)15-36-30(40)20-9-10-39-21(11-20)13-26(38-39)18-5-6-18/h7-14,17-18,22H,2-6,15-16H2,1H3,(H2,35,41)(H,36,40)/t22-,32-/m0/s1. The fourth-order valence-electron chi connectivity index (χ4n) is 6.03. The number of hydrogen-bond donors (Lipinski definition) is 2. The van der Waals surface area contributed by atoms with Gasteiger partial charge >= 0.3 is 0 Å². The first-order chi connectivity index (χ1) is 20.2. The van der Waals surface area contributed by atoms with Crippen molar-refractivity contribution in [3.05, 3.63) is 82.0 Å². The third kappa shape index (κ3) is 4.60. The van der Waals surface area contributed by atoms with Crippen molar-refractivity contribution in [3.8, 4) is 17.0 Å². The number of benzene rings is 1. The van der Waals surface area contributed by atoms with Gasteiger partial charge in [0.25, 0.3) is 5.91 Å². The zero-order chi connectivity index (χ0) is 29.2. The lowest BCUT2D eigenvalue weighted by molar-refractivity contribution is -0.123. The highest BCUT2D eigenvalue weighted by molar-refractivity contribution is 6.31. The van der Waals surface area contributed by atoms with Crippen LogP contribution in [0, 0.1) is 11.7 Å². The van der Waals surface area contributed by atoms with E-state index in [1.54, 1.807) is 19.1 Å². The van der Waals surface area contributed by atoms with Crippen LogP contribution in [0.5, 0.6) is 5.75 Å². The largest absolute Gasteiger partial charge is 0.489 e. The molecule has 0 saturated heterocycles. The van der Waals surface area contributed by atoms with Crippen LogP contribution < -0.4 is 15.8 Å². The molecule has 0 unspecified atom stereocenters. The van der Waals surface area contributed by atoms with E-state index in [9.17, 15) is 14.0 Å². The van der Waals surface area contributed by atoms with Crippen LogP contribution in [0.15, 0.2) is 48.7 Å². The van der Waals surface area contributed by atoms with E-state index in [1.165, 1.54) is 12.1 Å². The topological polar surface area (TPSA) is 112 Å². The van der Waals surface area contributed by atoms with Gasteiger partial charge in [-0.3, -0.25) is 9.59 Å². The van der Waals surface area contributed by atoms with Gasteiger partial charge in [-0.1, -0.05) is 18.0 Å². The molecule has 4 heterocycles. The molecular formula is C32H31ClFN5O3. The fraction of sp³-hybridized carbons (Fsp3) is 0.375. The van der Waals surface area contributed by atoms with Crippen molar-refractivity contribution in [1.82, 2.24) is 19.9 Å². The number of hydrogen-bond acceptors (Lipinski definition) is 5. The van der Waals surface area contributed by atoms with E-state index in [0.29, 0.717) is 46.5 Å². The lowest BCUT2D eigenvalue weighted by atomic mass is 9.73. The monoisotopic (exact) mass is 587 g/mol. The molecule has 1 aliphatic heterocycles. The molecule has 2 atom stereocenters. The van der Waals surface area contributed by atoms with Gasteiger partial charge in [0.1, 0.15) is 29.3 Å². The number of pyridine rings is 2. The second-order valence-corrected chi connectivity index (χ2v) is 12.4. The zero-order valence-corrected chi connectivity index (χ0v) is 24.0. The molecule has 42 heavy (non-hydrogen) atoms. The first-order valence-electron chi connectivity index (χ1n) is 14.4. The Balaban J connectivity index is 1.23. The summed E-state index contributed by atoms with van der Waals surface area (Å²) in [5.41, 5.74) is 9.75. The molecule has 0 radical (unpaired) electrons. The Hall–Kier alpha value is -3.98. The quantitative estimate of drug-likeness (QED) is 0.282. The lowest BCUT2D eigenvalue weighted by Gasteiger charge is -2.34. The molecule has 7 rings (SSSR count). The number of carbonyl (C=O) groups excluding carboxylic acids is 2. The maximum absolute atomic E-state index is 14.0. The van der Waals surface area contributed by atoms with Crippen molar-refractivity contribution in [2.45, 2.75) is 56.3 Å².